The van der Waals surface area contributed by atoms with Crippen LogP contribution in [0.1, 0.15) is 201 Å². The van der Waals surface area contributed by atoms with E-state index in [-0.39, 0.29) is 11.7 Å². The molecule has 0 aromatic heterocycles. The van der Waals surface area contributed by atoms with E-state index in [9.17, 15) is 14.4 Å². The molecule has 0 spiro atoms. The number of piperazine rings is 1. The van der Waals surface area contributed by atoms with E-state index >= 15 is 0 Å². The number of hydrogen-bond acceptors (Lipinski definition) is 9. The topological polar surface area (TPSA) is 175 Å². The quantitative estimate of drug-likeness (QED) is 0.0706. The Hall–Kier alpha value is -1.63. The molecule has 0 bridgehead atoms. The molecular weight excluding hydrogens is 811 g/mol. The highest BCUT2D eigenvalue weighted by atomic mass is 16.3. The molecule has 65 heavy (non-hydrogen) atoms. The standard InChI is InChI=1S/C9H18N2O.C9H17NO.C9H19N.C7H15NO.C6H13N.C6H14.C4H11N.C4H10O/c1-8(2)7-9(12)11-5-3-10-4-6-11;1-7(2)6-9(11)10-8-4-3-5-8;1-8(2)6-7-10-9-4-3-5-9;1-6(2)5-7(9)3-4-8;1-5(2)6-3-7-4-6;1-4-5-6(2)3;2*1-4(2)3-5/h8,10H,3-7H2,1-2H3;7-8H,3-6H2,1-2H3,(H,10,11);8-10H,3-7H2,1-2H3;6H,3-5,8H2,1-2H3;5-7H,3-4H2,1-2H3;6H,4-5H2,1-3H3;4H,3,5H2,1-2H3;4-5H,3H2,1-2H3. The van der Waals surface area contributed by atoms with Crippen molar-refractivity contribution in [2.75, 3.05) is 65.5 Å². The summed E-state index contributed by atoms with van der Waals surface area (Å²) < 4.78 is 0. The molecule has 4 aliphatic rings. The van der Waals surface area contributed by atoms with E-state index in [4.69, 9.17) is 16.6 Å². The number of carbonyl (C=O) groups excluding carboxylic acids is 3. The van der Waals surface area contributed by atoms with Crippen LogP contribution in [0.3, 0.4) is 0 Å². The van der Waals surface area contributed by atoms with E-state index in [2.05, 4.69) is 111 Å². The molecule has 4 rings (SSSR count). The van der Waals surface area contributed by atoms with Gasteiger partial charge in [0.25, 0.3) is 0 Å². The number of aliphatic hydroxyl groups is 1. The van der Waals surface area contributed by atoms with Crippen molar-refractivity contribution in [3.8, 4) is 0 Å². The third kappa shape index (κ3) is 54.9. The van der Waals surface area contributed by atoms with E-state index in [0.29, 0.717) is 80.4 Å². The van der Waals surface area contributed by atoms with Crippen molar-refractivity contribution >= 4 is 17.6 Å². The Morgan fingerprint density at radius 3 is 1.35 bits per heavy atom. The Morgan fingerprint density at radius 1 is 0.631 bits per heavy atom. The van der Waals surface area contributed by atoms with Gasteiger partial charge in [0.2, 0.25) is 11.8 Å². The van der Waals surface area contributed by atoms with Crippen LogP contribution in [0.5, 0.6) is 0 Å². The lowest BCUT2D eigenvalue weighted by molar-refractivity contribution is -0.132. The first kappa shape index (κ1) is 69.9. The fourth-order valence-corrected chi connectivity index (χ4v) is 5.87. The summed E-state index contributed by atoms with van der Waals surface area (Å²) in [5.41, 5.74) is 10.4. The molecule has 392 valence electrons. The lowest BCUT2D eigenvalue weighted by Crippen LogP contribution is -2.46. The first-order valence-electron chi connectivity index (χ1n) is 26.7. The van der Waals surface area contributed by atoms with Crippen molar-refractivity contribution in [1.82, 2.24) is 26.2 Å². The summed E-state index contributed by atoms with van der Waals surface area (Å²) >= 11 is 0. The number of nitrogens with two attached hydrogens (primary N) is 2. The van der Waals surface area contributed by atoms with Gasteiger partial charge in [-0.05, 0) is 125 Å². The van der Waals surface area contributed by atoms with Crippen LogP contribution in [0.15, 0.2) is 0 Å². The first-order chi connectivity index (χ1) is 30.4. The molecule has 2 aliphatic heterocycles. The minimum Gasteiger partial charge on any atom is -0.396 e. The van der Waals surface area contributed by atoms with Gasteiger partial charge in [0.1, 0.15) is 5.78 Å². The van der Waals surface area contributed by atoms with E-state index in [1.807, 2.05) is 32.6 Å². The zero-order valence-corrected chi connectivity index (χ0v) is 46.4. The summed E-state index contributed by atoms with van der Waals surface area (Å²) in [6.45, 7) is 45.4. The molecule has 11 heteroatoms. The minimum atomic E-state index is 0.227. The second-order valence-corrected chi connectivity index (χ2v) is 22.0. The second-order valence-electron chi connectivity index (χ2n) is 22.0. The van der Waals surface area contributed by atoms with Crippen molar-refractivity contribution < 1.29 is 19.5 Å². The van der Waals surface area contributed by atoms with Crippen LogP contribution in [0.25, 0.3) is 0 Å². The van der Waals surface area contributed by atoms with Crippen molar-refractivity contribution in [3.63, 3.8) is 0 Å². The molecule has 0 unspecified atom stereocenters. The summed E-state index contributed by atoms with van der Waals surface area (Å²) in [7, 11) is 0. The number of carbonyl (C=O) groups is 3. The van der Waals surface area contributed by atoms with Crippen LogP contribution in [-0.2, 0) is 14.4 Å². The average Bonchev–Trinajstić information content (AvgIpc) is 3.14. The van der Waals surface area contributed by atoms with Gasteiger partial charge >= 0.3 is 0 Å². The highest BCUT2D eigenvalue weighted by Crippen LogP contribution is 2.19. The van der Waals surface area contributed by atoms with Gasteiger partial charge in [0.05, 0.1) is 0 Å². The smallest absolute Gasteiger partial charge is 0.222 e. The van der Waals surface area contributed by atoms with Gasteiger partial charge < -0.3 is 42.7 Å². The van der Waals surface area contributed by atoms with Gasteiger partial charge in [-0.15, -0.1) is 0 Å². The number of ketones is 1. The Bertz CT molecular complexity index is 1030. The number of nitrogens with one attached hydrogen (secondary N) is 4. The van der Waals surface area contributed by atoms with Crippen LogP contribution < -0.4 is 32.7 Å². The van der Waals surface area contributed by atoms with E-state index in [1.54, 1.807) is 0 Å². The minimum absolute atomic E-state index is 0.227. The van der Waals surface area contributed by atoms with Crippen molar-refractivity contribution in [2.45, 2.75) is 213 Å². The monoisotopic (exact) mass is 928 g/mol. The third-order valence-corrected chi connectivity index (χ3v) is 10.9. The van der Waals surface area contributed by atoms with Crippen LogP contribution in [-0.4, -0.2) is 105 Å². The van der Waals surface area contributed by atoms with Crippen molar-refractivity contribution in [1.29, 1.82) is 0 Å². The number of aliphatic hydroxyl groups excluding tert-OH is 1. The third-order valence-electron chi connectivity index (χ3n) is 10.9. The second kappa shape index (κ2) is 47.4. The zero-order chi connectivity index (χ0) is 50.8. The molecule has 11 nitrogen and oxygen atoms in total. The van der Waals surface area contributed by atoms with Gasteiger partial charge in [-0.3, -0.25) is 14.4 Å². The number of Topliss-reactive ketones (excluding diaryl/α,β-unsaturated/α-hetero) is 1. The molecule has 0 aromatic carbocycles. The van der Waals surface area contributed by atoms with Crippen LogP contribution in [0.4, 0.5) is 0 Å². The van der Waals surface area contributed by atoms with Crippen LogP contribution in [0, 0.1) is 53.3 Å². The highest BCUT2D eigenvalue weighted by molar-refractivity contribution is 5.78. The van der Waals surface area contributed by atoms with Gasteiger partial charge in [-0.2, -0.15) is 0 Å². The van der Waals surface area contributed by atoms with Crippen LogP contribution >= 0.6 is 0 Å². The molecule has 0 atom stereocenters. The van der Waals surface area contributed by atoms with Crippen LogP contribution in [0.2, 0.25) is 0 Å². The number of amides is 2. The number of hydrogen-bond donors (Lipinski definition) is 7. The van der Waals surface area contributed by atoms with Crippen molar-refractivity contribution in [2.24, 2.45) is 64.7 Å². The Morgan fingerprint density at radius 2 is 1.09 bits per heavy atom. The maximum atomic E-state index is 11.5. The maximum Gasteiger partial charge on any atom is 0.222 e. The number of rotatable bonds is 18. The predicted molar refractivity (Wildman–Crippen MR) is 284 cm³/mol. The fraction of sp³-hybridized carbons (Fsp3) is 0.944. The maximum absolute atomic E-state index is 11.5. The zero-order valence-electron chi connectivity index (χ0n) is 46.4. The normalized spacial score (nSPS) is 15.7. The van der Waals surface area contributed by atoms with E-state index < -0.39 is 0 Å². The molecule has 2 saturated heterocycles. The Kier molecular flexibility index (Phi) is 51.0. The molecule has 4 fully saturated rings. The van der Waals surface area contributed by atoms with Gasteiger partial charge in [-0.25, -0.2) is 0 Å². The van der Waals surface area contributed by atoms with Gasteiger partial charge in [0.15, 0.2) is 0 Å². The van der Waals surface area contributed by atoms with E-state index in [0.717, 1.165) is 62.4 Å². The fourth-order valence-electron chi connectivity index (χ4n) is 5.87. The van der Waals surface area contributed by atoms with Crippen molar-refractivity contribution in [3.05, 3.63) is 0 Å². The summed E-state index contributed by atoms with van der Waals surface area (Å²) in [6, 6.07) is 1.37. The molecule has 2 aliphatic carbocycles. The molecular formula is C54H117N7O4. The largest absolute Gasteiger partial charge is 0.396 e. The molecule has 2 saturated carbocycles. The lowest BCUT2D eigenvalue weighted by Gasteiger charge is -2.30. The van der Waals surface area contributed by atoms with Gasteiger partial charge in [-0.1, -0.05) is 137 Å². The molecule has 0 aromatic rings. The predicted octanol–water partition coefficient (Wildman–Crippen LogP) is 9.83. The molecule has 2 amide bonds. The Balaban J connectivity index is -0.000000334. The summed E-state index contributed by atoms with van der Waals surface area (Å²) in [5.74, 6) is 6.98. The lowest BCUT2D eigenvalue weighted by atomic mass is 9.91. The SMILES string of the molecule is CC(C)C1CNC1.CC(C)CC(=O)CCN.CC(C)CC(=O)N1CCNCC1.CC(C)CC(=O)NC1CCC1.CC(C)CCNC1CCC1.CC(C)CN.CC(C)CO.CCCC(C)C. The summed E-state index contributed by atoms with van der Waals surface area (Å²) in [6.07, 6.45) is 14.6. The highest BCUT2D eigenvalue weighted by Gasteiger charge is 2.20. The van der Waals surface area contributed by atoms with E-state index in [1.165, 1.54) is 77.4 Å². The molecule has 2 heterocycles. The van der Waals surface area contributed by atoms with Gasteiger partial charge in [0, 0.05) is 70.6 Å². The molecule has 0 radical (unpaired) electrons. The summed E-state index contributed by atoms with van der Waals surface area (Å²) in [5, 5.41) is 21.2. The molecule has 9 N–H and O–H groups in total. The average molecular weight is 929 g/mol. The first-order valence-corrected chi connectivity index (χ1v) is 26.7. The number of nitrogens with zero attached hydrogens (tertiary/aromatic N) is 1. The Labute approximate surface area is 405 Å². The summed E-state index contributed by atoms with van der Waals surface area (Å²) in [4.78, 5) is 35.4.